The summed E-state index contributed by atoms with van der Waals surface area (Å²) in [6.45, 7) is 4.76. The van der Waals surface area contributed by atoms with Crippen LogP contribution < -0.4 is 4.74 Å². The van der Waals surface area contributed by atoms with Crippen LogP contribution in [-0.4, -0.2) is 59.2 Å². The van der Waals surface area contributed by atoms with Gasteiger partial charge in [-0.05, 0) is 53.9 Å². The number of benzene rings is 4. The molecule has 7 heteroatoms. The Bertz CT molecular complexity index is 1710. The quantitative estimate of drug-likeness (QED) is 0.182. The summed E-state index contributed by atoms with van der Waals surface area (Å²) in [7, 11) is 0. The van der Waals surface area contributed by atoms with Gasteiger partial charge in [0.1, 0.15) is 11.5 Å². The zero-order chi connectivity index (χ0) is 30.3. The molecule has 1 aliphatic rings. The molecule has 7 nitrogen and oxygen atoms in total. The fourth-order valence-electron chi connectivity index (χ4n) is 5.95. The van der Waals surface area contributed by atoms with E-state index < -0.39 is 0 Å². The van der Waals surface area contributed by atoms with Crippen molar-refractivity contribution in [2.75, 3.05) is 32.8 Å². The minimum Gasteiger partial charge on any atom is -0.457 e. The fourth-order valence-corrected chi connectivity index (χ4v) is 5.95. The molecule has 44 heavy (non-hydrogen) atoms. The number of carbonyl (C=O) groups excluding carboxylic acids is 2. The van der Waals surface area contributed by atoms with Gasteiger partial charge in [-0.1, -0.05) is 78.9 Å². The molecular weight excluding hydrogens is 550 g/mol. The summed E-state index contributed by atoms with van der Waals surface area (Å²) in [4.78, 5) is 29.7. The van der Waals surface area contributed by atoms with Gasteiger partial charge in [0.05, 0.1) is 6.61 Å². The lowest BCUT2D eigenvalue weighted by molar-refractivity contribution is -0.133. The van der Waals surface area contributed by atoms with Crippen molar-refractivity contribution in [1.82, 2.24) is 14.4 Å². The van der Waals surface area contributed by atoms with Crippen LogP contribution in [0, 0.1) is 0 Å². The van der Waals surface area contributed by atoms with Gasteiger partial charge in [-0.2, -0.15) is 0 Å². The number of hydrogen-bond donors (Lipinski definition) is 0. The normalized spacial score (nSPS) is 13.9. The Morgan fingerprint density at radius 2 is 1.41 bits per heavy atom. The van der Waals surface area contributed by atoms with Crippen LogP contribution >= 0.6 is 0 Å². The van der Waals surface area contributed by atoms with Crippen LogP contribution in [0.4, 0.5) is 4.79 Å². The first-order chi connectivity index (χ1) is 21.6. The molecule has 0 spiro atoms. The van der Waals surface area contributed by atoms with Crippen molar-refractivity contribution in [2.24, 2.45) is 0 Å². The van der Waals surface area contributed by atoms with Crippen molar-refractivity contribution < 1.29 is 19.1 Å². The van der Waals surface area contributed by atoms with E-state index in [4.69, 9.17) is 9.47 Å². The average molecular weight is 588 g/mol. The van der Waals surface area contributed by atoms with Gasteiger partial charge < -0.3 is 23.8 Å². The minimum absolute atomic E-state index is 0.0628. The first-order valence-corrected chi connectivity index (χ1v) is 15.2. The van der Waals surface area contributed by atoms with Crippen LogP contribution in [0.2, 0.25) is 0 Å². The maximum atomic E-state index is 13.9. The summed E-state index contributed by atoms with van der Waals surface area (Å²) in [6, 6.07) is 36.6. The highest BCUT2D eigenvalue weighted by Gasteiger charge is 2.29. The van der Waals surface area contributed by atoms with Crippen molar-refractivity contribution >= 4 is 22.9 Å². The topological polar surface area (TPSA) is 64.0 Å². The predicted molar refractivity (Wildman–Crippen MR) is 172 cm³/mol. The van der Waals surface area contributed by atoms with Gasteiger partial charge >= 0.3 is 6.09 Å². The number of aromatic nitrogens is 1. The molecule has 224 valence electrons. The lowest BCUT2D eigenvalue weighted by Gasteiger charge is -2.34. The highest BCUT2D eigenvalue weighted by molar-refractivity contribution is 5.87. The van der Waals surface area contributed by atoms with Gasteiger partial charge in [-0.25, -0.2) is 4.79 Å². The van der Waals surface area contributed by atoms with E-state index in [1.165, 1.54) is 5.56 Å². The zero-order valence-electron chi connectivity index (χ0n) is 25.0. The maximum Gasteiger partial charge on any atom is 0.409 e. The standard InChI is InChI=1S/C37H37N3O4/c1-2-43-37(42)39-22-20-38(21-23-39)36(41)25-33(29-14-11-17-31(24-29)44-30-15-7-4-8-16-30)34-27-40(26-28-12-5-3-6-13-28)35-19-10-9-18-32(34)35/h3-19,24,27,33H,2,20-23,25-26H2,1H3/t33-/m1/s1. The van der Waals surface area contributed by atoms with Crippen LogP contribution in [0.5, 0.6) is 11.5 Å². The molecule has 6 rings (SSSR count). The number of hydrogen-bond acceptors (Lipinski definition) is 4. The highest BCUT2D eigenvalue weighted by Crippen LogP contribution is 2.37. The van der Waals surface area contributed by atoms with Crippen LogP contribution in [0.25, 0.3) is 10.9 Å². The van der Waals surface area contributed by atoms with Crippen molar-refractivity contribution in [2.45, 2.75) is 25.8 Å². The second kappa shape index (κ2) is 13.5. The van der Waals surface area contributed by atoms with Gasteiger partial charge in [0.15, 0.2) is 0 Å². The molecule has 2 heterocycles. The minimum atomic E-state index is -0.320. The number of piperazine rings is 1. The molecule has 5 aromatic rings. The van der Waals surface area contributed by atoms with Gasteiger partial charge in [0.25, 0.3) is 0 Å². The molecule has 4 aromatic carbocycles. The molecule has 2 amide bonds. The number of para-hydroxylation sites is 2. The summed E-state index contributed by atoms with van der Waals surface area (Å²) in [5.41, 5.74) is 4.46. The monoisotopic (exact) mass is 587 g/mol. The number of rotatable bonds is 9. The van der Waals surface area contributed by atoms with Crippen LogP contribution in [0.3, 0.4) is 0 Å². The third kappa shape index (κ3) is 6.62. The first-order valence-electron chi connectivity index (χ1n) is 15.2. The molecule has 0 N–H and O–H groups in total. The van der Waals surface area contributed by atoms with E-state index in [-0.39, 0.29) is 17.9 Å². The second-order valence-electron chi connectivity index (χ2n) is 11.0. The zero-order valence-corrected chi connectivity index (χ0v) is 25.0. The Morgan fingerprint density at radius 3 is 2.16 bits per heavy atom. The third-order valence-corrected chi connectivity index (χ3v) is 8.17. The van der Waals surface area contributed by atoms with Crippen molar-refractivity contribution in [3.05, 3.63) is 132 Å². The Labute approximate surface area is 258 Å². The molecule has 0 aliphatic carbocycles. The molecule has 1 atom stereocenters. The van der Waals surface area contributed by atoms with E-state index in [0.29, 0.717) is 39.2 Å². The van der Waals surface area contributed by atoms with Gasteiger partial charge in [0.2, 0.25) is 5.91 Å². The Hall–Kier alpha value is -5.04. The van der Waals surface area contributed by atoms with Gasteiger partial charge in [-0.3, -0.25) is 4.79 Å². The van der Waals surface area contributed by atoms with Gasteiger partial charge in [0, 0.05) is 62.2 Å². The summed E-state index contributed by atoms with van der Waals surface area (Å²) in [6.07, 6.45) is 2.19. The lowest BCUT2D eigenvalue weighted by atomic mass is 9.87. The fraction of sp³-hybridized carbons (Fsp3) is 0.243. The molecular formula is C37H37N3O4. The lowest BCUT2D eigenvalue weighted by Crippen LogP contribution is -2.50. The molecule has 0 bridgehead atoms. The van der Waals surface area contributed by atoms with Crippen molar-refractivity contribution in [1.29, 1.82) is 0 Å². The summed E-state index contributed by atoms with van der Waals surface area (Å²) in [5, 5.41) is 1.13. The summed E-state index contributed by atoms with van der Waals surface area (Å²) < 4.78 is 13.6. The average Bonchev–Trinajstić information content (AvgIpc) is 3.42. The Kier molecular flexibility index (Phi) is 8.92. The number of amides is 2. The predicted octanol–water partition coefficient (Wildman–Crippen LogP) is 7.30. The number of ether oxygens (including phenoxy) is 2. The van der Waals surface area contributed by atoms with Crippen LogP contribution in [0.15, 0.2) is 115 Å². The second-order valence-corrected chi connectivity index (χ2v) is 11.0. The smallest absolute Gasteiger partial charge is 0.409 e. The number of fused-ring (bicyclic) bond motifs is 1. The SMILES string of the molecule is CCOC(=O)N1CCN(C(=O)C[C@H](c2cccc(Oc3ccccc3)c2)c2cn(Cc3ccccc3)c3ccccc23)CC1. The van der Waals surface area contributed by atoms with E-state index in [1.807, 2.05) is 59.5 Å². The van der Waals surface area contributed by atoms with Crippen LogP contribution in [-0.2, 0) is 16.1 Å². The summed E-state index contributed by atoms with van der Waals surface area (Å²) >= 11 is 0. The van der Waals surface area contributed by atoms with E-state index in [2.05, 4.69) is 65.4 Å². The largest absolute Gasteiger partial charge is 0.457 e. The van der Waals surface area contributed by atoms with Crippen molar-refractivity contribution in [3.8, 4) is 11.5 Å². The Balaban J connectivity index is 1.33. The third-order valence-electron chi connectivity index (χ3n) is 8.17. The van der Waals surface area contributed by atoms with Crippen LogP contribution in [0.1, 0.15) is 36.0 Å². The highest BCUT2D eigenvalue weighted by atomic mass is 16.6. The van der Waals surface area contributed by atoms with Gasteiger partial charge in [-0.15, -0.1) is 0 Å². The molecule has 1 saturated heterocycles. The molecule has 1 aromatic heterocycles. The van der Waals surface area contributed by atoms with E-state index in [1.54, 1.807) is 11.8 Å². The number of carbonyl (C=O) groups is 2. The van der Waals surface area contributed by atoms with E-state index >= 15 is 0 Å². The first kappa shape index (κ1) is 29.1. The maximum absolute atomic E-state index is 13.9. The molecule has 1 fully saturated rings. The molecule has 0 radical (unpaired) electrons. The van der Waals surface area contributed by atoms with Crippen molar-refractivity contribution in [3.63, 3.8) is 0 Å². The number of nitrogens with zero attached hydrogens (tertiary/aromatic N) is 3. The summed E-state index contributed by atoms with van der Waals surface area (Å²) in [5.74, 6) is 1.35. The van der Waals surface area contributed by atoms with E-state index in [9.17, 15) is 9.59 Å². The molecule has 0 saturated carbocycles. The Morgan fingerprint density at radius 1 is 0.750 bits per heavy atom. The molecule has 0 unspecified atom stereocenters. The van der Waals surface area contributed by atoms with E-state index in [0.717, 1.165) is 40.1 Å². The molecule has 1 aliphatic heterocycles.